The number of hydrogen-bond donors (Lipinski definition) is 0. The Labute approximate surface area is 139 Å². The van der Waals surface area contributed by atoms with Crippen LogP contribution in [0.3, 0.4) is 0 Å². The van der Waals surface area contributed by atoms with Crippen molar-refractivity contribution in [2.45, 2.75) is 23.8 Å². The summed E-state index contributed by atoms with van der Waals surface area (Å²) in [6.07, 6.45) is 0.101. The van der Waals surface area contributed by atoms with Crippen molar-refractivity contribution in [1.82, 2.24) is 0 Å². The second kappa shape index (κ2) is 5.44. The lowest BCUT2D eigenvalue weighted by molar-refractivity contribution is -0.612. The van der Waals surface area contributed by atoms with Crippen molar-refractivity contribution in [3.05, 3.63) is 81.9 Å². The molecule has 0 bridgehead atoms. The van der Waals surface area contributed by atoms with Crippen molar-refractivity contribution in [1.29, 1.82) is 0 Å². The van der Waals surface area contributed by atoms with Gasteiger partial charge >= 0.3 is 5.97 Å². The Morgan fingerprint density at radius 3 is 2.17 bits per heavy atom. The van der Waals surface area contributed by atoms with Crippen LogP contribution in [0.1, 0.15) is 29.4 Å². The first-order valence-corrected chi connectivity index (χ1v) is 8.04. The standard InChI is InChI=1S/C19H17NO4/c21-16-11-15-17(13-7-3-1-4-8-13)18(14-9-5-2-6-10-14)19(15,12-24-16)20(22)23/h1-10,15,17-18H,11-12H2/t15-,17-,18+,19+/m0/s1. The van der Waals surface area contributed by atoms with Crippen molar-refractivity contribution in [3.8, 4) is 0 Å². The fourth-order valence-electron chi connectivity index (χ4n) is 4.46. The van der Waals surface area contributed by atoms with Crippen LogP contribution >= 0.6 is 0 Å². The topological polar surface area (TPSA) is 69.4 Å². The number of carbonyl (C=O) groups excluding carboxylic acids is 1. The zero-order chi connectivity index (χ0) is 16.7. The normalized spacial score (nSPS) is 31.5. The summed E-state index contributed by atoms with van der Waals surface area (Å²) in [5, 5.41) is 12.0. The van der Waals surface area contributed by atoms with Crippen LogP contribution in [-0.2, 0) is 9.53 Å². The molecule has 122 valence electrons. The van der Waals surface area contributed by atoms with Crippen molar-refractivity contribution >= 4 is 5.97 Å². The summed E-state index contributed by atoms with van der Waals surface area (Å²) in [5.74, 6) is -1.02. The van der Waals surface area contributed by atoms with E-state index >= 15 is 0 Å². The first-order chi connectivity index (χ1) is 11.6. The highest BCUT2D eigenvalue weighted by atomic mass is 16.6. The molecule has 2 aliphatic rings. The summed E-state index contributed by atoms with van der Waals surface area (Å²) in [7, 11) is 0. The van der Waals surface area contributed by atoms with Crippen LogP contribution in [-0.4, -0.2) is 23.0 Å². The second-order valence-electron chi connectivity index (χ2n) is 6.54. The van der Waals surface area contributed by atoms with E-state index in [0.29, 0.717) is 0 Å². The van der Waals surface area contributed by atoms with Crippen LogP contribution in [0.25, 0.3) is 0 Å². The molecule has 0 N–H and O–H groups in total. The largest absolute Gasteiger partial charge is 0.458 e. The Morgan fingerprint density at radius 2 is 1.58 bits per heavy atom. The van der Waals surface area contributed by atoms with Gasteiger partial charge in [-0.2, -0.15) is 0 Å². The Hall–Kier alpha value is -2.69. The van der Waals surface area contributed by atoms with Gasteiger partial charge < -0.3 is 4.74 Å². The fourth-order valence-corrected chi connectivity index (χ4v) is 4.46. The van der Waals surface area contributed by atoms with Gasteiger partial charge in [-0.1, -0.05) is 60.7 Å². The predicted octanol–water partition coefficient (Wildman–Crippen LogP) is 3.15. The molecule has 1 saturated heterocycles. The Kier molecular flexibility index (Phi) is 3.37. The molecule has 0 unspecified atom stereocenters. The van der Waals surface area contributed by atoms with E-state index in [9.17, 15) is 14.9 Å². The SMILES string of the molecule is O=C1C[C@H]2[C@H](c3ccccc3)[C@@H](c3ccccc3)[C@@]2([N+](=O)[O-])CO1. The maximum absolute atomic E-state index is 12.0. The molecule has 1 aliphatic heterocycles. The number of nitrogens with zero attached hydrogens (tertiary/aromatic N) is 1. The third kappa shape index (κ3) is 1.97. The van der Waals surface area contributed by atoms with E-state index < -0.39 is 5.54 Å². The monoisotopic (exact) mass is 323 g/mol. The van der Waals surface area contributed by atoms with E-state index in [-0.39, 0.29) is 41.7 Å². The Morgan fingerprint density at radius 1 is 1.00 bits per heavy atom. The second-order valence-corrected chi connectivity index (χ2v) is 6.54. The third-order valence-corrected chi connectivity index (χ3v) is 5.51. The lowest BCUT2D eigenvalue weighted by atomic mass is 9.47. The highest BCUT2D eigenvalue weighted by Crippen LogP contribution is 2.64. The first kappa shape index (κ1) is 14.9. The van der Waals surface area contributed by atoms with Crippen LogP contribution < -0.4 is 0 Å². The fraction of sp³-hybridized carbons (Fsp3) is 0.316. The lowest BCUT2D eigenvalue weighted by Crippen LogP contribution is -2.69. The number of fused-ring (bicyclic) bond motifs is 1. The third-order valence-electron chi connectivity index (χ3n) is 5.51. The minimum Gasteiger partial charge on any atom is -0.458 e. The zero-order valence-electron chi connectivity index (χ0n) is 13.0. The maximum Gasteiger partial charge on any atom is 0.306 e. The molecular formula is C19H17NO4. The molecule has 0 aromatic heterocycles. The van der Waals surface area contributed by atoms with Gasteiger partial charge in [-0.3, -0.25) is 14.9 Å². The molecule has 0 radical (unpaired) electrons. The van der Waals surface area contributed by atoms with Crippen LogP contribution in [0.4, 0.5) is 0 Å². The highest BCUT2D eigenvalue weighted by Gasteiger charge is 2.74. The van der Waals surface area contributed by atoms with Crippen molar-refractivity contribution in [2.75, 3.05) is 6.61 Å². The number of nitro groups is 1. The Bertz CT molecular complexity index is 776. The van der Waals surface area contributed by atoms with E-state index in [1.807, 2.05) is 60.7 Å². The van der Waals surface area contributed by atoms with Gasteiger partial charge in [0.1, 0.15) is 0 Å². The number of ether oxygens (including phenoxy) is 1. The first-order valence-electron chi connectivity index (χ1n) is 8.04. The number of hydrogen-bond acceptors (Lipinski definition) is 4. The number of rotatable bonds is 3. The number of cyclic esters (lactones) is 1. The summed E-state index contributed by atoms with van der Waals surface area (Å²) in [5.41, 5.74) is 0.747. The molecule has 1 saturated carbocycles. The lowest BCUT2D eigenvalue weighted by Gasteiger charge is -2.56. The quantitative estimate of drug-likeness (QED) is 0.494. The average molecular weight is 323 g/mol. The van der Waals surface area contributed by atoms with E-state index in [2.05, 4.69) is 0 Å². The predicted molar refractivity (Wildman–Crippen MR) is 87.2 cm³/mol. The van der Waals surface area contributed by atoms with E-state index in [1.54, 1.807) is 0 Å². The summed E-state index contributed by atoms with van der Waals surface area (Å²) in [6, 6.07) is 19.3. The average Bonchev–Trinajstić information content (AvgIpc) is 2.59. The molecule has 0 amide bonds. The van der Waals surface area contributed by atoms with Crippen LogP contribution in [0.5, 0.6) is 0 Å². The van der Waals surface area contributed by atoms with Gasteiger partial charge in [0.05, 0.1) is 18.3 Å². The van der Waals surface area contributed by atoms with Crippen molar-refractivity contribution in [2.24, 2.45) is 5.92 Å². The Balaban J connectivity index is 1.85. The van der Waals surface area contributed by atoms with Gasteiger partial charge in [0, 0.05) is 10.8 Å². The van der Waals surface area contributed by atoms with Crippen LogP contribution in [0.15, 0.2) is 60.7 Å². The molecule has 1 aliphatic carbocycles. The highest BCUT2D eigenvalue weighted by molar-refractivity contribution is 5.72. The van der Waals surface area contributed by atoms with Gasteiger partial charge in [0.2, 0.25) is 0 Å². The van der Waals surface area contributed by atoms with E-state index in [1.165, 1.54) is 0 Å². The van der Waals surface area contributed by atoms with Gasteiger partial charge in [0.15, 0.2) is 6.61 Å². The molecule has 4 atom stereocenters. The number of carbonyl (C=O) groups is 1. The smallest absolute Gasteiger partial charge is 0.306 e. The molecular weight excluding hydrogens is 306 g/mol. The van der Waals surface area contributed by atoms with Crippen molar-refractivity contribution in [3.63, 3.8) is 0 Å². The van der Waals surface area contributed by atoms with Crippen LogP contribution in [0.2, 0.25) is 0 Å². The number of benzene rings is 2. The summed E-state index contributed by atoms with van der Waals surface area (Å²) < 4.78 is 5.13. The van der Waals surface area contributed by atoms with Gasteiger partial charge in [-0.15, -0.1) is 0 Å². The molecule has 2 aromatic carbocycles. The summed E-state index contributed by atoms with van der Waals surface area (Å²) >= 11 is 0. The van der Waals surface area contributed by atoms with Gasteiger partial charge in [-0.05, 0) is 11.1 Å². The van der Waals surface area contributed by atoms with Gasteiger partial charge in [0.25, 0.3) is 5.54 Å². The maximum atomic E-state index is 12.0. The molecule has 2 fully saturated rings. The summed E-state index contributed by atoms with van der Waals surface area (Å²) in [6.45, 7) is -0.146. The van der Waals surface area contributed by atoms with Crippen molar-refractivity contribution < 1.29 is 14.5 Å². The molecule has 5 heteroatoms. The molecule has 2 aromatic rings. The molecule has 5 nitrogen and oxygen atoms in total. The van der Waals surface area contributed by atoms with Crippen LogP contribution in [0, 0.1) is 16.0 Å². The summed E-state index contributed by atoms with van der Waals surface area (Å²) in [4.78, 5) is 23.6. The zero-order valence-corrected chi connectivity index (χ0v) is 13.0. The van der Waals surface area contributed by atoms with Gasteiger partial charge in [-0.25, -0.2) is 0 Å². The molecule has 1 heterocycles. The number of esters is 1. The van der Waals surface area contributed by atoms with E-state index in [0.717, 1.165) is 11.1 Å². The molecule has 4 rings (SSSR count). The minimum atomic E-state index is -1.23. The van der Waals surface area contributed by atoms with E-state index in [4.69, 9.17) is 4.74 Å². The minimum absolute atomic E-state index is 0.0492. The molecule has 24 heavy (non-hydrogen) atoms. The molecule has 0 spiro atoms.